The normalized spacial score (nSPS) is 23.1. The number of sulfonamides is 1. The number of nitrogens with one attached hydrogen (secondary N) is 1. The maximum absolute atomic E-state index is 13.7. The molecular weight excluding hydrogens is 503 g/mol. The number of nitrogens with zero attached hydrogens (tertiary/aromatic N) is 3. The van der Waals surface area contributed by atoms with Crippen molar-refractivity contribution >= 4 is 26.7 Å². The van der Waals surface area contributed by atoms with Crippen LogP contribution in [0.1, 0.15) is 56.3 Å². The van der Waals surface area contributed by atoms with Gasteiger partial charge in [0.1, 0.15) is 17.9 Å². The van der Waals surface area contributed by atoms with Crippen molar-refractivity contribution in [1.82, 2.24) is 14.3 Å². The Labute approximate surface area is 214 Å². The molecule has 5 rings (SSSR count). The molecule has 0 bridgehead atoms. The second-order valence-electron chi connectivity index (χ2n) is 9.88. The summed E-state index contributed by atoms with van der Waals surface area (Å²) in [7, 11) is -3.84. The first-order valence-electron chi connectivity index (χ1n) is 11.9. The van der Waals surface area contributed by atoms with E-state index in [2.05, 4.69) is 19.0 Å². The lowest BCUT2D eigenvalue weighted by molar-refractivity contribution is -0.0441. The molecule has 1 fully saturated rings. The maximum Gasteiger partial charge on any atom is 0.263 e. The average Bonchev–Trinajstić information content (AvgIpc) is 3.35. The maximum atomic E-state index is 13.7. The third kappa shape index (κ3) is 5.10. The topological polar surface area (TPSA) is 105 Å². The largest absolute Gasteiger partial charge is 0.493 e. The van der Waals surface area contributed by atoms with E-state index in [4.69, 9.17) is 4.74 Å². The van der Waals surface area contributed by atoms with E-state index >= 15 is 0 Å². The third-order valence-electron chi connectivity index (χ3n) is 7.18. The van der Waals surface area contributed by atoms with Crippen molar-refractivity contribution in [2.75, 3.05) is 17.9 Å². The van der Waals surface area contributed by atoms with E-state index < -0.39 is 15.6 Å². The summed E-state index contributed by atoms with van der Waals surface area (Å²) >= 11 is 0.963. The summed E-state index contributed by atoms with van der Waals surface area (Å²) in [5, 5.41) is 10.9. The highest BCUT2D eigenvalue weighted by Crippen LogP contribution is 2.47. The molecule has 3 atom stereocenters. The lowest BCUT2D eigenvalue weighted by Gasteiger charge is -2.48. The van der Waals surface area contributed by atoms with E-state index in [0.29, 0.717) is 12.4 Å². The Morgan fingerprint density at radius 2 is 1.94 bits per heavy atom. The number of rotatable bonds is 6. The van der Waals surface area contributed by atoms with Crippen LogP contribution in [-0.4, -0.2) is 46.5 Å². The van der Waals surface area contributed by atoms with Gasteiger partial charge in [-0.3, -0.25) is 9.62 Å². The molecule has 0 aliphatic carbocycles. The number of ether oxygens (including phenoxy) is 1. The van der Waals surface area contributed by atoms with Crippen LogP contribution in [0.5, 0.6) is 5.75 Å². The lowest BCUT2D eigenvalue weighted by atomic mass is 9.77. The minimum atomic E-state index is -3.84. The van der Waals surface area contributed by atoms with E-state index in [-0.39, 0.29) is 33.8 Å². The van der Waals surface area contributed by atoms with Gasteiger partial charge in [-0.05, 0) is 62.9 Å². The van der Waals surface area contributed by atoms with E-state index in [1.807, 2.05) is 32.0 Å². The average molecular weight is 533 g/mol. The molecule has 0 spiro atoms. The summed E-state index contributed by atoms with van der Waals surface area (Å²) in [6, 6.07) is 11.5. The Morgan fingerprint density at radius 3 is 2.64 bits per heavy atom. The number of hydrogen-bond donors (Lipinski definition) is 2. The van der Waals surface area contributed by atoms with Gasteiger partial charge in [-0.25, -0.2) is 17.8 Å². The molecule has 0 saturated carbocycles. The molecule has 192 valence electrons. The van der Waals surface area contributed by atoms with E-state index in [9.17, 15) is 17.9 Å². The quantitative estimate of drug-likeness (QED) is 0.481. The lowest BCUT2D eigenvalue weighted by Crippen LogP contribution is -2.45. The highest BCUT2D eigenvalue weighted by atomic mass is 32.2. The monoisotopic (exact) mass is 532 g/mol. The number of anilines is 1. The second-order valence-corrected chi connectivity index (χ2v) is 12.3. The summed E-state index contributed by atoms with van der Waals surface area (Å²) in [4.78, 5) is 6.38. The van der Waals surface area contributed by atoms with Gasteiger partial charge in [0.05, 0.1) is 17.1 Å². The molecule has 1 aromatic heterocycles. The van der Waals surface area contributed by atoms with Crippen LogP contribution in [0.4, 0.5) is 9.52 Å². The zero-order valence-electron chi connectivity index (χ0n) is 20.1. The van der Waals surface area contributed by atoms with Crippen molar-refractivity contribution in [2.24, 2.45) is 5.92 Å². The Kier molecular flexibility index (Phi) is 6.75. The Bertz CT molecular complexity index is 1310. The number of likely N-dealkylation sites (tertiary alicyclic amines) is 1. The van der Waals surface area contributed by atoms with Crippen LogP contribution in [0, 0.1) is 11.7 Å². The molecule has 2 N–H and O–H groups in total. The SMILES string of the molecule is CC(C)(O)[C@@H]1CCN(C2CCOc3cc(S(=O)(=O)Nc4ncns4)ccc32)[C@H](c2ccc(F)cc2)C1. The molecule has 36 heavy (non-hydrogen) atoms. The molecule has 8 nitrogen and oxygen atoms in total. The molecule has 1 saturated heterocycles. The number of halogens is 1. The molecule has 11 heteroatoms. The molecule has 2 aromatic carbocycles. The van der Waals surface area contributed by atoms with Crippen LogP contribution in [0.3, 0.4) is 0 Å². The van der Waals surface area contributed by atoms with Crippen molar-refractivity contribution in [3.05, 3.63) is 65.7 Å². The highest BCUT2D eigenvalue weighted by Gasteiger charge is 2.41. The number of fused-ring (bicyclic) bond motifs is 1. The molecule has 0 radical (unpaired) electrons. The van der Waals surface area contributed by atoms with Crippen LogP contribution < -0.4 is 9.46 Å². The van der Waals surface area contributed by atoms with E-state index in [0.717, 1.165) is 48.5 Å². The molecule has 0 amide bonds. The van der Waals surface area contributed by atoms with Gasteiger partial charge in [0.25, 0.3) is 10.0 Å². The standard InChI is InChI=1S/C25H29FN4O4S2/c1-25(2,31)17-9-11-30(22(13-17)16-3-5-18(26)6-4-16)21-10-12-34-23-14-19(7-8-20(21)23)36(32,33)29-24-27-15-28-35-24/h3-8,14-15,17,21-22,31H,9-13H2,1-2H3,(H,27,28,29)/t17-,21?,22+/m1/s1. The fourth-order valence-electron chi connectivity index (χ4n) is 5.27. The Morgan fingerprint density at radius 1 is 1.17 bits per heavy atom. The van der Waals surface area contributed by atoms with Gasteiger partial charge in [0.2, 0.25) is 5.13 Å². The van der Waals surface area contributed by atoms with Crippen molar-refractivity contribution in [3.63, 3.8) is 0 Å². The van der Waals surface area contributed by atoms with Gasteiger partial charge in [-0.2, -0.15) is 4.37 Å². The highest BCUT2D eigenvalue weighted by molar-refractivity contribution is 7.93. The molecule has 2 aliphatic heterocycles. The summed E-state index contributed by atoms with van der Waals surface area (Å²) < 4.78 is 51.6. The predicted molar refractivity (Wildman–Crippen MR) is 135 cm³/mol. The van der Waals surface area contributed by atoms with E-state index in [1.54, 1.807) is 12.1 Å². The molecular formula is C25H29FN4O4S2. The minimum absolute atomic E-state index is 0.000524. The van der Waals surface area contributed by atoms with Gasteiger partial charge in [-0.1, -0.05) is 18.2 Å². The Hall–Kier alpha value is -2.60. The summed E-state index contributed by atoms with van der Waals surface area (Å²) in [5.74, 6) is 0.350. The molecule has 3 aromatic rings. The van der Waals surface area contributed by atoms with Crippen LogP contribution in [0.25, 0.3) is 0 Å². The second kappa shape index (κ2) is 9.70. The third-order valence-corrected chi connectivity index (χ3v) is 9.23. The van der Waals surface area contributed by atoms with E-state index in [1.165, 1.54) is 18.5 Å². The van der Waals surface area contributed by atoms with Gasteiger partial charge >= 0.3 is 0 Å². The van der Waals surface area contributed by atoms with Gasteiger partial charge in [0, 0.05) is 41.7 Å². The zero-order chi connectivity index (χ0) is 25.5. The van der Waals surface area contributed by atoms with Crippen LogP contribution in [0.2, 0.25) is 0 Å². The first-order chi connectivity index (χ1) is 17.1. The van der Waals surface area contributed by atoms with Gasteiger partial charge < -0.3 is 9.84 Å². The number of benzene rings is 2. The van der Waals surface area contributed by atoms with Crippen molar-refractivity contribution in [1.29, 1.82) is 0 Å². The first kappa shape index (κ1) is 25.1. The summed E-state index contributed by atoms with van der Waals surface area (Å²) in [6.07, 6.45) is 3.60. The van der Waals surface area contributed by atoms with Crippen molar-refractivity contribution in [2.45, 2.75) is 55.7 Å². The fraction of sp³-hybridized carbons (Fsp3) is 0.440. The number of aromatic nitrogens is 2. The Balaban J connectivity index is 1.46. The smallest absolute Gasteiger partial charge is 0.263 e. The van der Waals surface area contributed by atoms with Crippen LogP contribution in [0.15, 0.2) is 53.7 Å². The summed E-state index contributed by atoms with van der Waals surface area (Å²) in [6.45, 7) is 4.89. The zero-order valence-corrected chi connectivity index (χ0v) is 21.7. The number of aliphatic hydroxyl groups is 1. The van der Waals surface area contributed by atoms with Crippen molar-refractivity contribution < 1.29 is 22.7 Å². The molecule has 3 heterocycles. The minimum Gasteiger partial charge on any atom is -0.493 e. The summed E-state index contributed by atoms with van der Waals surface area (Å²) in [5.41, 5.74) is 1.10. The van der Waals surface area contributed by atoms with Crippen molar-refractivity contribution in [3.8, 4) is 5.75 Å². The first-order valence-corrected chi connectivity index (χ1v) is 14.2. The predicted octanol–water partition coefficient (Wildman–Crippen LogP) is 4.53. The molecule has 1 unspecified atom stereocenters. The van der Waals surface area contributed by atoms with Gasteiger partial charge in [0.15, 0.2) is 0 Å². The van der Waals surface area contributed by atoms with Crippen LogP contribution >= 0.6 is 11.5 Å². The number of hydrogen-bond acceptors (Lipinski definition) is 8. The fourth-order valence-corrected chi connectivity index (χ4v) is 6.94. The van der Waals surface area contributed by atoms with Crippen LogP contribution in [-0.2, 0) is 10.0 Å². The van der Waals surface area contributed by atoms with Gasteiger partial charge in [-0.15, -0.1) is 0 Å². The number of piperidine rings is 1. The molecule has 2 aliphatic rings.